The van der Waals surface area contributed by atoms with E-state index >= 15 is 0 Å². The van der Waals surface area contributed by atoms with Gasteiger partial charge in [0.15, 0.2) is 0 Å². The van der Waals surface area contributed by atoms with Crippen molar-refractivity contribution in [2.75, 3.05) is 6.54 Å². The second-order valence-corrected chi connectivity index (χ2v) is 5.23. The molecule has 0 saturated carbocycles. The highest BCUT2D eigenvalue weighted by molar-refractivity contribution is 5.96. The summed E-state index contributed by atoms with van der Waals surface area (Å²) in [7, 11) is 0. The van der Waals surface area contributed by atoms with Crippen molar-refractivity contribution in [3.05, 3.63) is 59.4 Å². The molecular weight excluding hydrogens is 335 g/mol. The molecule has 8 heteroatoms. The van der Waals surface area contributed by atoms with E-state index in [-0.39, 0.29) is 25.1 Å². The van der Waals surface area contributed by atoms with Crippen molar-refractivity contribution in [2.24, 2.45) is 0 Å². The first-order valence-corrected chi connectivity index (χ1v) is 7.28. The van der Waals surface area contributed by atoms with Gasteiger partial charge in [-0.15, -0.1) is 0 Å². The zero-order valence-electron chi connectivity index (χ0n) is 13.0. The molecule has 1 N–H and O–H groups in total. The topological polar surface area (TPSA) is 77.2 Å². The molecule has 25 heavy (non-hydrogen) atoms. The highest BCUT2D eigenvalue weighted by atomic mass is 19.4. The zero-order valence-corrected chi connectivity index (χ0v) is 13.0. The van der Waals surface area contributed by atoms with E-state index < -0.39 is 23.4 Å². The molecule has 130 valence electrons. The molecule has 0 spiro atoms. The zero-order chi connectivity index (χ0) is 18.4. The minimum atomic E-state index is -4.62. The molecule has 1 aromatic carbocycles. The van der Waals surface area contributed by atoms with E-state index in [1.54, 1.807) is 24.5 Å². The van der Waals surface area contributed by atoms with E-state index in [4.69, 9.17) is 5.26 Å². The van der Waals surface area contributed by atoms with Gasteiger partial charge in [-0.2, -0.15) is 18.4 Å². The molecule has 0 unspecified atom stereocenters. The van der Waals surface area contributed by atoms with Crippen molar-refractivity contribution in [1.82, 2.24) is 9.88 Å². The Morgan fingerprint density at radius 3 is 2.64 bits per heavy atom. The maximum atomic E-state index is 12.7. The van der Waals surface area contributed by atoms with Crippen LogP contribution in [0.4, 0.5) is 13.2 Å². The summed E-state index contributed by atoms with van der Waals surface area (Å²) >= 11 is 0. The highest BCUT2D eigenvalue weighted by Crippen LogP contribution is 2.33. The number of aromatic nitrogens is 1. The predicted molar refractivity (Wildman–Crippen MR) is 82.3 cm³/mol. The molecular formula is C17H14F3N3O2. The molecule has 0 aliphatic heterocycles. The number of amides is 1. The van der Waals surface area contributed by atoms with Gasteiger partial charge in [0.05, 0.1) is 23.6 Å². The van der Waals surface area contributed by atoms with E-state index in [0.717, 1.165) is 12.1 Å². The van der Waals surface area contributed by atoms with Gasteiger partial charge in [-0.25, -0.2) is 0 Å². The van der Waals surface area contributed by atoms with Gasteiger partial charge >= 0.3 is 6.18 Å². The Hall–Kier alpha value is -3.08. The molecule has 0 atom stereocenters. The number of hydrogen-bond acceptors (Lipinski definition) is 4. The molecule has 1 amide bonds. The predicted octanol–water partition coefficient (Wildman–Crippen LogP) is 3.36. The van der Waals surface area contributed by atoms with Gasteiger partial charge in [0.25, 0.3) is 5.91 Å². The Bertz CT molecular complexity index is 786. The third-order valence-electron chi connectivity index (χ3n) is 3.43. The van der Waals surface area contributed by atoms with Crippen molar-refractivity contribution in [3.63, 3.8) is 0 Å². The number of carbonyl (C=O) groups excluding carboxylic acids is 1. The summed E-state index contributed by atoms with van der Waals surface area (Å²) in [5, 5.41) is 18.6. The number of aromatic hydroxyl groups is 1. The van der Waals surface area contributed by atoms with Crippen LogP contribution in [0.3, 0.4) is 0 Å². The third-order valence-corrected chi connectivity index (χ3v) is 3.43. The van der Waals surface area contributed by atoms with Crippen LogP contribution in [-0.4, -0.2) is 27.4 Å². The summed E-state index contributed by atoms with van der Waals surface area (Å²) in [6.07, 6.45) is -1.46. The SMILES string of the molecule is N#CCCN(Cc1cccnc1)C(=O)c1ccc(C(F)(F)F)cc1O. The van der Waals surface area contributed by atoms with Crippen LogP contribution >= 0.6 is 0 Å². The molecule has 0 saturated heterocycles. The van der Waals surface area contributed by atoms with Crippen LogP contribution in [0.2, 0.25) is 0 Å². The van der Waals surface area contributed by atoms with Crippen LogP contribution in [0.5, 0.6) is 5.75 Å². The molecule has 1 aromatic heterocycles. The Morgan fingerprint density at radius 1 is 1.32 bits per heavy atom. The molecule has 2 aromatic rings. The highest BCUT2D eigenvalue weighted by Gasteiger charge is 2.32. The lowest BCUT2D eigenvalue weighted by Crippen LogP contribution is -2.31. The number of pyridine rings is 1. The van der Waals surface area contributed by atoms with Crippen molar-refractivity contribution in [1.29, 1.82) is 5.26 Å². The van der Waals surface area contributed by atoms with Crippen LogP contribution in [0.25, 0.3) is 0 Å². The summed E-state index contributed by atoms with van der Waals surface area (Å²) in [6.45, 7) is 0.194. The van der Waals surface area contributed by atoms with E-state index in [0.29, 0.717) is 11.6 Å². The van der Waals surface area contributed by atoms with Crippen molar-refractivity contribution in [3.8, 4) is 11.8 Å². The van der Waals surface area contributed by atoms with Crippen LogP contribution in [-0.2, 0) is 12.7 Å². The van der Waals surface area contributed by atoms with Crippen molar-refractivity contribution in [2.45, 2.75) is 19.1 Å². The molecule has 0 aliphatic rings. The maximum absolute atomic E-state index is 12.7. The van der Waals surface area contributed by atoms with Gasteiger partial charge in [0.1, 0.15) is 5.75 Å². The summed E-state index contributed by atoms with van der Waals surface area (Å²) in [6, 6.07) is 7.50. The van der Waals surface area contributed by atoms with Crippen molar-refractivity contribution >= 4 is 5.91 Å². The first-order valence-electron chi connectivity index (χ1n) is 7.28. The Morgan fingerprint density at radius 2 is 2.08 bits per heavy atom. The van der Waals surface area contributed by atoms with Crippen LogP contribution in [0.1, 0.15) is 27.9 Å². The van der Waals surface area contributed by atoms with E-state index in [2.05, 4.69) is 4.98 Å². The van der Waals surface area contributed by atoms with E-state index in [9.17, 15) is 23.1 Å². The quantitative estimate of drug-likeness (QED) is 0.898. The molecule has 5 nitrogen and oxygen atoms in total. The summed E-state index contributed by atoms with van der Waals surface area (Å²) < 4.78 is 38.0. The number of hydrogen-bond donors (Lipinski definition) is 1. The summed E-state index contributed by atoms with van der Waals surface area (Å²) in [5.41, 5.74) is -0.604. The smallest absolute Gasteiger partial charge is 0.416 e. The lowest BCUT2D eigenvalue weighted by molar-refractivity contribution is -0.137. The lowest BCUT2D eigenvalue weighted by Gasteiger charge is -2.22. The maximum Gasteiger partial charge on any atom is 0.416 e. The van der Waals surface area contributed by atoms with Crippen molar-refractivity contribution < 1.29 is 23.1 Å². The number of phenols is 1. The summed E-state index contributed by atoms with van der Waals surface area (Å²) in [5.74, 6) is -1.42. The average molecular weight is 349 g/mol. The molecule has 0 radical (unpaired) electrons. The Kier molecular flexibility index (Phi) is 5.60. The number of phenolic OH excluding ortho intramolecular Hbond substituents is 1. The normalized spacial score (nSPS) is 11.0. The molecule has 0 bridgehead atoms. The standard InChI is InChI=1S/C17H14F3N3O2/c18-17(19,20)13-4-5-14(15(24)9-13)16(25)23(8-2-6-21)11-12-3-1-7-22-10-12/h1,3-5,7,9-10,24H,2,8,11H2. The van der Waals surface area contributed by atoms with Crippen LogP contribution in [0, 0.1) is 11.3 Å². The van der Waals surface area contributed by atoms with Gasteiger partial charge in [-0.1, -0.05) is 6.07 Å². The molecule has 0 aliphatic carbocycles. The second kappa shape index (κ2) is 7.66. The Labute approximate surface area is 142 Å². The van der Waals surface area contributed by atoms with Crippen LogP contribution in [0.15, 0.2) is 42.7 Å². The number of nitriles is 1. The summed E-state index contributed by atoms with van der Waals surface area (Å²) in [4.78, 5) is 17.8. The molecule has 1 heterocycles. The second-order valence-electron chi connectivity index (χ2n) is 5.23. The minimum absolute atomic E-state index is 0.0490. The Balaban J connectivity index is 2.28. The molecule has 2 rings (SSSR count). The fraction of sp³-hybridized carbons (Fsp3) is 0.235. The number of carbonyl (C=O) groups is 1. The van der Waals surface area contributed by atoms with Gasteiger partial charge in [0.2, 0.25) is 0 Å². The first kappa shape index (κ1) is 18.3. The minimum Gasteiger partial charge on any atom is -0.507 e. The van der Waals surface area contributed by atoms with Gasteiger partial charge < -0.3 is 10.0 Å². The van der Waals surface area contributed by atoms with Crippen LogP contribution < -0.4 is 0 Å². The third kappa shape index (κ3) is 4.70. The fourth-order valence-electron chi connectivity index (χ4n) is 2.21. The molecule has 0 fully saturated rings. The fourth-order valence-corrected chi connectivity index (χ4v) is 2.21. The van der Waals surface area contributed by atoms with Gasteiger partial charge in [-0.05, 0) is 29.8 Å². The number of alkyl halides is 3. The largest absolute Gasteiger partial charge is 0.507 e. The van der Waals surface area contributed by atoms with Gasteiger partial charge in [-0.3, -0.25) is 9.78 Å². The first-order chi connectivity index (χ1) is 11.8. The lowest BCUT2D eigenvalue weighted by atomic mass is 10.1. The van der Waals surface area contributed by atoms with Gasteiger partial charge in [0, 0.05) is 25.5 Å². The number of nitrogens with zero attached hydrogens (tertiary/aromatic N) is 3. The van der Waals surface area contributed by atoms with E-state index in [1.807, 2.05) is 6.07 Å². The number of rotatable bonds is 5. The number of halogens is 3. The monoisotopic (exact) mass is 349 g/mol. The average Bonchev–Trinajstić information content (AvgIpc) is 2.58. The van der Waals surface area contributed by atoms with E-state index in [1.165, 1.54) is 4.90 Å². The number of benzene rings is 1.